The average Bonchev–Trinajstić information content (AvgIpc) is 3.09. The number of amides is 1. The molecule has 3 rings (SSSR count). The fourth-order valence-electron chi connectivity index (χ4n) is 2.31. The van der Waals surface area contributed by atoms with Crippen molar-refractivity contribution in [1.29, 1.82) is 0 Å². The first-order valence-electron chi connectivity index (χ1n) is 7.98. The molecule has 8 nitrogen and oxygen atoms in total. The molecule has 9 heteroatoms. The number of fused-ring (bicyclic) bond motifs is 1. The van der Waals surface area contributed by atoms with E-state index in [0.29, 0.717) is 5.56 Å². The quantitative estimate of drug-likeness (QED) is 0.283. The number of aromatic nitrogens is 2. The van der Waals surface area contributed by atoms with Crippen LogP contribution in [0.5, 0.6) is 0 Å². The zero-order chi connectivity index (χ0) is 19.1. The fraction of sp³-hybridized carbons (Fsp3) is 0.0556. The van der Waals surface area contributed by atoms with Gasteiger partial charge >= 0.3 is 5.16 Å². The van der Waals surface area contributed by atoms with E-state index in [0.717, 1.165) is 16.2 Å². The Labute approximate surface area is 158 Å². The maximum absolute atomic E-state index is 11.8. The Kier molecular flexibility index (Phi) is 5.95. The maximum atomic E-state index is 11.8. The van der Waals surface area contributed by atoms with Gasteiger partial charge in [0, 0.05) is 12.3 Å². The molecule has 136 valence electrons. The molecular weight excluding hydrogens is 366 g/mol. The molecule has 3 N–H and O–H groups in total. The van der Waals surface area contributed by atoms with Crippen LogP contribution in [-0.4, -0.2) is 27.8 Å². The number of nitrogens with zero attached hydrogens (tertiary/aromatic N) is 2. The number of nitro benzene ring substituents is 1. The van der Waals surface area contributed by atoms with E-state index in [1.54, 1.807) is 24.3 Å². The van der Waals surface area contributed by atoms with Gasteiger partial charge < -0.3 is 0 Å². The zero-order valence-corrected chi connectivity index (χ0v) is 14.9. The molecule has 0 aliphatic heterocycles. The number of hydrogen-bond acceptors (Lipinski definition) is 5. The number of H-pyrrole nitrogens is 2. The smallest absolute Gasteiger partial charge is 0.272 e. The van der Waals surface area contributed by atoms with E-state index in [4.69, 9.17) is 0 Å². The van der Waals surface area contributed by atoms with E-state index >= 15 is 0 Å². The van der Waals surface area contributed by atoms with Crippen molar-refractivity contribution in [3.05, 3.63) is 70.3 Å². The minimum Gasteiger partial charge on any atom is -0.272 e. The summed E-state index contributed by atoms with van der Waals surface area (Å²) >= 11 is 1.33. The van der Waals surface area contributed by atoms with Gasteiger partial charge in [-0.15, -0.1) is 0 Å². The number of carbonyl (C=O) groups is 1. The molecule has 0 atom stereocenters. The molecule has 3 aromatic rings. The molecule has 0 aliphatic rings. The van der Waals surface area contributed by atoms with Gasteiger partial charge in [0.2, 0.25) is 0 Å². The van der Waals surface area contributed by atoms with E-state index in [9.17, 15) is 14.9 Å². The summed E-state index contributed by atoms with van der Waals surface area (Å²) in [6, 6.07) is 14.1. The van der Waals surface area contributed by atoms with Gasteiger partial charge in [0.05, 0.1) is 16.2 Å². The van der Waals surface area contributed by atoms with E-state index in [-0.39, 0.29) is 17.3 Å². The molecule has 0 radical (unpaired) electrons. The number of allylic oxidation sites excluding steroid dienone is 1. The Morgan fingerprint density at radius 1 is 1.26 bits per heavy atom. The molecule has 0 fully saturated rings. The molecule has 0 bridgehead atoms. The first kappa shape index (κ1) is 18.3. The molecule has 0 saturated carbocycles. The number of para-hydroxylation sites is 3. The van der Waals surface area contributed by atoms with Gasteiger partial charge in [-0.1, -0.05) is 24.3 Å². The normalized spacial score (nSPS) is 11.4. The van der Waals surface area contributed by atoms with Crippen LogP contribution in [0.4, 0.5) is 5.69 Å². The van der Waals surface area contributed by atoms with Crippen LogP contribution < -0.4 is 10.4 Å². The van der Waals surface area contributed by atoms with Crippen LogP contribution in [0.1, 0.15) is 5.56 Å². The first-order chi connectivity index (χ1) is 13.1. The summed E-state index contributed by atoms with van der Waals surface area (Å²) in [7, 11) is 0. The van der Waals surface area contributed by atoms with E-state index in [1.165, 1.54) is 30.1 Å². The van der Waals surface area contributed by atoms with E-state index < -0.39 is 4.92 Å². The molecule has 2 aromatic carbocycles. The number of hydrazone groups is 1. The Morgan fingerprint density at radius 2 is 2.04 bits per heavy atom. The largest absolute Gasteiger partial charge is 0.315 e. The maximum Gasteiger partial charge on any atom is 0.315 e. The third-order valence-corrected chi connectivity index (χ3v) is 4.43. The summed E-state index contributed by atoms with van der Waals surface area (Å²) in [6.07, 6.45) is 4.46. The summed E-state index contributed by atoms with van der Waals surface area (Å²) in [5.41, 5.74) is 4.82. The number of aromatic amines is 2. The van der Waals surface area contributed by atoms with Gasteiger partial charge in [0.1, 0.15) is 0 Å². The molecule has 0 spiro atoms. The number of nitro groups is 1. The van der Waals surface area contributed by atoms with Gasteiger partial charge in [-0.2, -0.15) is 5.10 Å². The number of nitrogens with one attached hydrogen (secondary N) is 3. The molecule has 27 heavy (non-hydrogen) atoms. The minimum absolute atomic E-state index is 0.0113. The highest BCUT2D eigenvalue weighted by atomic mass is 32.2. The predicted molar refractivity (Wildman–Crippen MR) is 104 cm³/mol. The topological polar surface area (TPSA) is 115 Å². The van der Waals surface area contributed by atoms with E-state index in [2.05, 4.69) is 20.5 Å². The van der Waals surface area contributed by atoms with E-state index in [1.807, 2.05) is 24.3 Å². The summed E-state index contributed by atoms with van der Waals surface area (Å²) < 4.78 is 0. The standard InChI is InChI=1S/C18H15N5O3S/c24-17(12-27-18-20-14-8-2-3-9-15(14)21-18)22-19-11-5-7-13-6-1-4-10-16(13)23(25)26/h1-11H,12H2,(H,20,21)(H,22,24)/p+1. The monoisotopic (exact) mass is 382 g/mol. The SMILES string of the molecule is O=C(CSc1[nH]c2ccccc2[nH+]1)NN=CC=Cc1ccccc1[N+](=O)[O-]. The summed E-state index contributed by atoms with van der Waals surface area (Å²) in [5, 5.41) is 15.5. The fourth-order valence-corrected chi connectivity index (χ4v) is 3.02. The van der Waals surface area contributed by atoms with Crippen LogP contribution >= 0.6 is 11.8 Å². The number of imidazole rings is 1. The lowest BCUT2D eigenvalue weighted by Gasteiger charge is -1.96. The van der Waals surface area contributed by atoms with Crippen molar-refractivity contribution in [2.75, 3.05) is 5.75 Å². The van der Waals surface area contributed by atoms with Crippen molar-refractivity contribution in [2.45, 2.75) is 5.16 Å². The van der Waals surface area contributed by atoms with Crippen LogP contribution in [-0.2, 0) is 4.79 Å². The van der Waals surface area contributed by atoms with Gasteiger partial charge in [-0.05, 0) is 42.1 Å². The van der Waals surface area contributed by atoms with Gasteiger partial charge in [0.25, 0.3) is 11.6 Å². The van der Waals surface area contributed by atoms with Crippen molar-refractivity contribution in [3.63, 3.8) is 0 Å². The zero-order valence-electron chi connectivity index (χ0n) is 14.1. The molecular formula is C18H16N5O3S+. The first-order valence-corrected chi connectivity index (χ1v) is 8.97. The third kappa shape index (κ3) is 5.02. The van der Waals surface area contributed by atoms with Crippen LogP contribution in [0.25, 0.3) is 17.1 Å². The highest BCUT2D eigenvalue weighted by Gasteiger charge is 2.12. The Balaban J connectivity index is 1.48. The molecule has 0 aliphatic carbocycles. The Morgan fingerprint density at radius 3 is 2.85 bits per heavy atom. The van der Waals surface area contributed by atoms with Crippen molar-refractivity contribution < 1.29 is 14.7 Å². The lowest BCUT2D eigenvalue weighted by Crippen LogP contribution is -2.20. The lowest BCUT2D eigenvalue weighted by molar-refractivity contribution is -0.396. The third-order valence-electron chi connectivity index (χ3n) is 3.53. The lowest BCUT2D eigenvalue weighted by atomic mass is 10.2. The predicted octanol–water partition coefficient (Wildman–Crippen LogP) is 2.80. The van der Waals surface area contributed by atoms with Gasteiger partial charge in [-0.25, -0.2) is 15.4 Å². The highest BCUT2D eigenvalue weighted by molar-refractivity contribution is 7.99. The highest BCUT2D eigenvalue weighted by Crippen LogP contribution is 2.18. The Hall–Kier alpha value is -3.46. The van der Waals surface area contributed by atoms with Gasteiger partial charge in [-0.3, -0.25) is 14.9 Å². The second-order valence-electron chi connectivity index (χ2n) is 5.40. The van der Waals surface area contributed by atoms with Gasteiger partial charge in [0.15, 0.2) is 11.0 Å². The summed E-state index contributed by atoms with van der Waals surface area (Å²) in [4.78, 5) is 28.7. The van der Waals surface area contributed by atoms with Crippen LogP contribution in [0.3, 0.4) is 0 Å². The van der Waals surface area contributed by atoms with Crippen molar-refractivity contribution >= 4 is 46.7 Å². The van der Waals surface area contributed by atoms with Crippen LogP contribution in [0, 0.1) is 10.1 Å². The van der Waals surface area contributed by atoms with Crippen molar-refractivity contribution in [1.82, 2.24) is 10.4 Å². The molecule has 1 amide bonds. The second-order valence-corrected chi connectivity index (χ2v) is 6.39. The summed E-state index contributed by atoms with van der Waals surface area (Å²) in [6.45, 7) is 0. The molecule has 0 unspecified atom stereocenters. The number of thioether (sulfide) groups is 1. The second kappa shape index (κ2) is 8.77. The number of hydrogen-bond donors (Lipinski definition) is 2. The number of rotatable bonds is 7. The molecule has 1 heterocycles. The number of carbonyl (C=O) groups excluding carboxylic acids is 1. The average molecular weight is 382 g/mol. The minimum atomic E-state index is -0.448. The van der Waals surface area contributed by atoms with Crippen molar-refractivity contribution in [3.8, 4) is 0 Å². The van der Waals surface area contributed by atoms with Crippen LogP contribution in [0.2, 0.25) is 0 Å². The van der Waals surface area contributed by atoms with Crippen molar-refractivity contribution in [2.24, 2.45) is 5.10 Å². The van der Waals surface area contributed by atoms with Crippen LogP contribution in [0.15, 0.2) is 64.9 Å². The Bertz CT molecular complexity index is 996. The molecule has 1 aromatic heterocycles. The number of benzene rings is 2. The summed E-state index contributed by atoms with van der Waals surface area (Å²) in [5.74, 6) is -0.0726. The molecule has 0 saturated heterocycles.